The second kappa shape index (κ2) is 4.12. The van der Waals surface area contributed by atoms with Gasteiger partial charge in [0.25, 0.3) is 0 Å². The van der Waals surface area contributed by atoms with E-state index in [1.165, 1.54) is 38.5 Å². The highest BCUT2D eigenvalue weighted by Crippen LogP contribution is 2.37. The molecule has 3 N–H and O–H groups in total. The first-order valence-electron chi connectivity index (χ1n) is 6.18. The Morgan fingerprint density at radius 3 is 2.40 bits per heavy atom. The van der Waals surface area contributed by atoms with Crippen LogP contribution in [0.25, 0.3) is 0 Å². The molecule has 2 rings (SSSR count). The van der Waals surface area contributed by atoms with Crippen molar-refractivity contribution in [2.75, 3.05) is 0 Å². The molecule has 86 valence electrons. The Labute approximate surface area is 91.8 Å². The molecule has 1 atom stereocenters. The van der Waals surface area contributed by atoms with Gasteiger partial charge in [0.1, 0.15) is 0 Å². The van der Waals surface area contributed by atoms with Gasteiger partial charge in [-0.25, -0.2) is 0 Å². The van der Waals surface area contributed by atoms with E-state index in [0.717, 1.165) is 12.3 Å². The quantitative estimate of drug-likeness (QED) is 0.723. The predicted octanol–water partition coefficient (Wildman–Crippen LogP) is 1.56. The van der Waals surface area contributed by atoms with Crippen molar-refractivity contribution in [2.45, 2.75) is 63.5 Å². The van der Waals surface area contributed by atoms with E-state index in [4.69, 9.17) is 5.73 Å². The molecule has 0 radical (unpaired) electrons. The topological polar surface area (TPSA) is 55.1 Å². The zero-order valence-electron chi connectivity index (χ0n) is 9.59. The van der Waals surface area contributed by atoms with Gasteiger partial charge in [-0.05, 0) is 32.1 Å². The lowest BCUT2D eigenvalue weighted by atomic mass is 9.92. The summed E-state index contributed by atoms with van der Waals surface area (Å²) in [4.78, 5) is 11.5. The first-order valence-corrected chi connectivity index (χ1v) is 6.18. The third-order valence-corrected chi connectivity index (χ3v) is 3.82. The first-order chi connectivity index (χ1) is 7.10. The molecule has 0 aromatic carbocycles. The molecule has 0 heterocycles. The zero-order valence-corrected chi connectivity index (χ0v) is 9.59. The number of rotatable bonds is 5. The van der Waals surface area contributed by atoms with E-state index < -0.39 is 5.54 Å². The fraction of sp³-hybridized carbons (Fsp3) is 0.917. The molecule has 1 unspecified atom stereocenters. The average molecular weight is 210 g/mol. The number of amides is 1. The van der Waals surface area contributed by atoms with Crippen molar-refractivity contribution in [1.82, 2.24) is 5.32 Å². The lowest BCUT2D eigenvalue weighted by Crippen LogP contribution is -2.56. The van der Waals surface area contributed by atoms with Gasteiger partial charge in [0, 0.05) is 6.04 Å². The van der Waals surface area contributed by atoms with Crippen LogP contribution in [0.15, 0.2) is 0 Å². The average Bonchev–Trinajstić information content (AvgIpc) is 2.80. The summed E-state index contributed by atoms with van der Waals surface area (Å²) >= 11 is 0. The van der Waals surface area contributed by atoms with Crippen LogP contribution in [0.2, 0.25) is 0 Å². The largest absolute Gasteiger partial charge is 0.368 e. The number of primary amides is 1. The van der Waals surface area contributed by atoms with Crippen LogP contribution in [0, 0.1) is 5.92 Å². The van der Waals surface area contributed by atoms with Crippen LogP contribution in [-0.4, -0.2) is 17.5 Å². The van der Waals surface area contributed by atoms with E-state index >= 15 is 0 Å². The smallest absolute Gasteiger partial charge is 0.237 e. The third-order valence-electron chi connectivity index (χ3n) is 3.82. The van der Waals surface area contributed by atoms with Gasteiger partial charge in [-0.1, -0.05) is 25.7 Å². The Morgan fingerprint density at radius 1 is 1.33 bits per heavy atom. The minimum Gasteiger partial charge on any atom is -0.368 e. The molecule has 0 saturated heterocycles. The van der Waals surface area contributed by atoms with Crippen molar-refractivity contribution in [1.29, 1.82) is 0 Å². The monoisotopic (exact) mass is 210 g/mol. The molecule has 0 aromatic heterocycles. The fourth-order valence-electron chi connectivity index (χ4n) is 2.65. The van der Waals surface area contributed by atoms with E-state index in [1.807, 2.05) is 6.92 Å². The Bertz CT molecular complexity index is 244. The second-order valence-corrected chi connectivity index (χ2v) is 5.47. The fourth-order valence-corrected chi connectivity index (χ4v) is 2.65. The highest BCUT2D eigenvalue weighted by atomic mass is 16.1. The molecule has 0 spiro atoms. The van der Waals surface area contributed by atoms with E-state index in [9.17, 15) is 4.79 Å². The van der Waals surface area contributed by atoms with Gasteiger partial charge in [0.05, 0.1) is 5.54 Å². The van der Waals surface area contributed by atoms with Crippen LogP contribution in [-0.2, 0) is 4.79 Å². The highest BCUT2D eigenvalue weighted by Gasteiger charge is 2.39. The minimum absolute atomic E-state index is 0.179. The van der Waals surface area contributed by atoms with Crippen molar-refractivity contribution < 1.29 is 4.79 Å². The molecule has 0 aliphatic heterocycles. The Balaban J connectivity index is 1.93. The molecule has 3 nitrogen and oxygen atoms in total. The Hall–Kier alpha value is -0.570. The van der Waals surface area contributed by atoms with E-state index in [1.54, 1.807) is 0 Å². The summed E-state index contributed by atoms with van der Waals surface area (Å²) in [6, 6.07) is 0.515. The summed E-state index contributed by atoms with van der Waals surface area (Å²) in [7, 11) is 0. The van der Waals surface area contributed by atoms with Gasteiger partial charge in [-0.2, -0.15) is 0 Å². The van der Waals surface area contributed by atoms with Gasteiger partial charge in [-0.3, -0.25) is 4.79 Å². The van der Waals surface area contributed by atoms with Crippen LogP contribution >= 0.6 is 0 Å². The van der Waals surface area contributed by atoms with Crippen LogP contribution in [0.3, 0.4) is 0 Å². The number of nitrogens with two attached hydrogens (primary N) is 1. The summed E-state index contributed by atoms with van der Waals surface area (Å²) < 4.78 is 0. The van der Waals surface area contributed by atoms with Gasteiger partial charge in [0.15, 0.2) is 0 Å². The van der Waals surface area contributed by atoms with Crippen molar-refractivity contribution in [3.05, 3.63) is 0 Å². The number of nitrogens with one attached hydrogen (secondary N) is 1. The summed E-state index contributed by atoms with van der Waals surface area (Å²) in [6.45, 7) is 1.98. The van der Waals surface area contributed by atoms with Gasteiger partial charge in [-0.15, -0.1) is 0 Å². The molecule has 3 heteroatoms. The SMILES string of the molecule is CC(CC1CC1)(NC1CCCC1)C(N)=O. The first kappa shape index (κ1) is 10.9. The van der Waals surface area contributed by atoms with Gasteiger partial charge in [0.2, 0.25) is 5.91 Å². The van der Waals surface area contributed by atoms with Crippen LogP contribution in [0.1, 0.15) is 51.9 Å². The normalized spacial score (nSPS) is 26.5. The molecule has 2 aliphatic rings. The molecular weight excluding hydrogens is 188 g/mol. The number of carbonyl (C=O) groups is 1. The van der Waals surface area contributed by atoms with Gasteiger partial charge < -0.3 is 11.1 Å². The molecule has 2 fully saturated rings. The number of hydrogen-bond donors (Lipinski definition) is 2. The molecule has 15 heavy (non-hydrogen) atoms. The summed E-state index contributed by atoms with van der Waals surface area (Å²) in [6.07, 6.45) is 8.45. The maximum absolute atomic E-state index is 11.5. The van der Waals surface area contributed by atoms with E-state index in [-0.39, 0.29) is 5.91 Å². The lowest BCUT2D eigenvalue weighted by Gasteiger charge is -2.31. The second-order valence-electron chi connectivity index (χ2n) is 5.47. The Kier molecular flexibility index (Phi) is 3.01. The molecule has 1 amide bonds. The molecule has 2 saturated carbocycles. The zero-order chi connectivity index (χ0) is 10.9. The highest BCUT2D eigenvalue weighted by molar-refractivity contribution is 5.84. The molecule has 2 aliphatic carbocycles. The summed E-state index contributed by atoms with van der Waals surface area (Å²) in [5, 5.41) is 3.49. The maximum Gasteiger partial charge on any atom is 0.237 e. The maximum atomic E-state index is 11.5. The van der Waals surface area contributed by atoms with Crippen LogP contribution < -0.4 is 11.1 Å². The summed E-state index contributed by atoms with van der Waals surface area (Å²) in [5.41, 5.74) is 5.06. The van der Waals surface area contributed by atoms with Crippen molar-refractivity contribution in [3.63, 3.8) is 0 Å². The number of hydrogen-bond acceptors (Lipinski definition) is 2. The van der Waals surface area contributed by atoms with Crippen molar-refractivity contribution in [2.24, 2.45) is 11.7 Å². The third kappa shape index (κ3) is 2.71. The van der Waals surface area contributed by atoms with Crippen molar-refractivity contribution in [3.8, 4) is 0 Å². The molecular formula is C12H22N2O. The number of carbonyl (C=O) groups excluding carboxylic acids is 1. The van der Waals surface area contributed by atoms with Crippen molar-refractivity contribution >= 4 is 5.91 Å². The predicted molar refractivity (Wildman–Crippen MR) is 60.3 cm³/mol. The lowest BCUT2D eigenvalue weighted by molar-refractivity contribution is -0.124. The van der Waals surface area contributed by atoms with Gasteiger partial charge >= 0.3 is 0 Å². The molecule has 0 aromatic rings. The van der Waals surface area contributed by atoms with Crippen LogP contribution in [0.5, 0.6) is 0 Å². The molecule has 0 bridgehead atoms. The van der Waals surface area contributed by atoms with E-state index in [2.05, 4.69) is 5.32 Å². The minimum atomic E-state index is -0.462. The van der Waals surface area contributed by atoms with E-state index in [0.29, 0.717) is 6.04 Å². The van der Waals surface area contributed by atoms with Crippen LogP contribution in [0.4, 0.5) is 0 Å². The summed E-state index contributed by atoms with van der Waals surface area (Å²) in [5.74, 6) is 0.553. The Morgan fingerprint density at radius 2 is 1.93 bits per heavy atom. The standard InChI is InChI=1S/C12H22N2O/c1-12(11(13)15,8-9-6-7-9)14-10-4-2-3-5-10/h9-10,14H,2-8H2,1H3,(H2,13,15).